The highest BCUT2D eigenvalue weighted by molar-refractivity contribution is 6.06. The van der Waals surface area contributed by atoms with Crippen LogP contribution in [0.1, 0.15) is 15.9 Å². The van der Waals surface area contributed by atoms with Gasteiger partial charge in [0.15, 0.2) is 11.5 Å². The summed E-state index contributed by atoms with van der Waals surface area (Å²) >= 11 is 0. The van der Waals surface area contributed by atoms with E-state index in [0.717, 1.165) is 0 Å². The Labute approximate surface area is 151 Å². The van der Waals surface area contributed by atoms with Crippen LogP contribution in [-0.2, 0) is 4.79 Å². The molecular formula is C20H17NO5. The second-order valence-electron chi connectivity index (χ2n) is 5.08. The van der Waals surface area contributed by atoms with Gasteiger partial charge >= 0.3 is 5.97 Å². The van der Waals surface area contributed by atoms with E-state index in [9.17, 15) is 9.59 Å². The van der Waals surface area contributed by atoms with E-state index in [4.69, 9.17) is 21.0 Å². The van der Waals surface area contributed by atoms with Crippen LogP contribution in [0.3, 0.4) is 0 Å². The zero-order valence-electron chi connectivity index (χ0n) is 14.1. The zero-order chi connectivity index (χ0) is 18.9. The van der Waals surface area contributed by atoms with Crippen LogP contribution in [0.5, 0.6) is 11.5 Å². The predicted octanol–water partition coefficient (Wildman–Crippen LogP) is 3.06. The highest BCUT2D eigenvalue weighted by Crippen LogP contribution is 2.28. The highest BCUT2D eigenvalue weighted by atomic mass is 16.5. The summed E-state index contributed by atoms with van der Waals surface area (Å²) in [5, 5.41) is 11.7. The fourth-order valence-electron chi connectivity index (χ4n) is 2.15. The van der Waals surface area contributed by atoms with E-state index in [-0.39, 0.29) is 17.9 Å². The third-order valence-corrected chi connectivity index (χ3v) is 3.34. The summed E-state index contributed by atoms with van der Waals surface area (Å²) in [6.07, 6.45) is 8.04. The Balaban J connectivity index is 2.11. The van der Waals surface area contributed by atoms with E-state index in [0.29, 0.717) is 17.1 Å². The average Bonchev–Trinajstić information content (AvgIpc) is 2.65. The molecule has 0 bridgehead atoms. The van der Waals surface area contributed by atoms with Crippen LogP contribution in [0.4, 0.5) is 5.69 Å². The summed E-state index contributed by atoms with van der Waals surface area (Å²) in [6.45, 7) is 0.122. The molecule has 0 aromatic heterocycles. The number of amides is 1. The minimum atomic E-state index is -1.11. The predicted molar refractivity (Wildman–Crippen MR) is 98.4 cm³/mol. The molecule has 0 aliphatic carbocycles. The Morgan fingerprint density at radius 2 is 2.00 bits per heavy atom. The van der Waals surface area contributed by atoms with Crippen LogP contribution < -0.4 is 14.8 Å². The fourth-order valence-corrected chi connectivity index (χ4v) is 2.15. The molecule has 6 heteroatoms. The van der Waals surface area contributed by atoms with Gasteiger partial charge in [-0.2, -0.15) is 0 Å². The second-order valence-corrected chi connectivity index (χ2v) is 5.08. The third kappa shape index (κ3) is 4.89. The van der Waals surface area contributed by atoms with E-state index in [1.54, 1.807) is 36.4 Å². The summed E-state index contributed by atoms with van der Waals surface area (Å²) in [5.74, 6) is 1.79. The van der Waals surface area contributed by atoms with Crippen molar-refractivity contribution in [2.45, 2.75) is 0 Å². The molecule has 2 aromatic carbocycles. The number of ether oxygens (including phenoxy) is 2. The Morgan fingerprint density at radius 3 is 2.69 bits per heavy atom. The van der Waals surface area contributed by atoms with Gasteiger partial charge in [0.2, 0.25) is 5.91 Å². The van der Waals surface area contributed by atoms with Crippen LogP contribution in [0.25, 0.3) is 6.08 Å². The molecule has 0 unspecified atom stereocenters. The Bertz CT molecular complexity index is 880. The van der Waals surface area contributed by atoms with Gasteiger partial charge in [-0.25, -0.2) is 4.79 Å². The molecule has 0 atom stereocenters. The molecule has 1 amide bonds. The summed E-state index contributed by atoms with van der Waals surface area (Å²) in [4.78, 5) is 23.2. The molecule has 2 rings (SSSR count). The standard InChI is InChI=1S/C20H17NO5/c1-3-12-26-17-10-8-14(13-18(17)25-2)9-11-19(22)21-16-7-5-4-6-15(16)20(23)24/h1,4-11,13H,12H2,2H3,(H,21,22)(H,23,24). The van der Waals surface area contributed by atoms with Crippen molar-refractivity contribution in [3.8, 4) is 23.8 Å². The van der Waals surface area contributed by atoms with Gasteiger partial charge in [0.05, 0.1) is 18.4 Å². The van der Waals surface area contributed by atoms with Crippen molar-refractivity contribution in [3.63, 3.8) is 0 Å². The molecule has 2 N–H and O–H groups in total. The van der Waals surface area contributed by atoms with Crippen molar-refractivity contribution >= 4 is 23.6 Å². The molecular weight excluding hydrogens is 334 g/mol. The van der Waals surface area contributed by atoms with E-state index in [2.05, 4.69) is 11.2 Å². The lowest BCUT2D eigenvalue weighted by Gasteiger charge is -2.09. The Kier molecular flexibility index (Phi) is 6.40. The molecule has 6 nitrogen and oxygen atoms in total. The van der Waals surface area contributed by atoms with Crippen LogP contribution in [0, 0.1) is 12.3 Å². The first kappa shape index (κ1) is 18.6. The molecule has 0 saturated heterocycles. The van der Waals surface area contributed by atoms with Crippen LogP contribution >= 0.6 is 0 Å². The lowest BCUT2D eigenvalue weighted by Crippen LogP contribution is -2.11. The summed E-state index contributed by atoms with van der Waals surface area (Å²) in [6, 6.07) is 11.3. The minimum absolute atomic E-state index is 0.0194. The van der Waals surface area contributed by atoms with Crippen molar-refractivity contribution in [2.75, 3.05) is 19.0 Å². The normalized spacial score (nSPS) is 10.2. The number of benzene rings is 2. The lowest BCUT2D eigenvalue weighted by atomic mass is 10.1. The number of carboxylic acids is 1. The van der Waals surface area contributed by atoms with Gasteiger partial charge in [-0.1, -0.05) is 24.1 Å². The first-order valence-electron chi connectivity index (χ1n) is 7.61. The highest BCUT2D eigenvalue weighted by Gasteiger charge is 2.10. The lowest BCUT2D eigenvalue weighted by molar-refractivity contribution is -0.111. The van der Waals surface area contributed by atoms with E-state index in [1.807, 2.05) is 0 Å². The number of carbonyl (C=O) groups is 2. The average molecular weight is 351 g/mol. The van der Waals surface area contributed by atoms with Gasteiger partial charge in [0.25, 0.3) is 0 Å². The maximum absolute atomic E-state index is 12.1. The molecule has 0 fully saturated rings. The smallest absolute Gasteiger partial charge is 0.337 e. The fraction of sp³-hybridized carbons (Fsp3) is 0.100. The van der Waals surface area contributed by atoms with Crippen LogP contribution in [-0.4, -0.2) is 30.7 Å². The number of hydrogen-bond acceptors (Lipinski definition) is 4. The monoisotopic (exact) mass is 351 g/mol. The minimum Gasteiger partial charge on any atom is -0.493 e. The molecule has 0 aliphatic heterocycles. The molecule has 26 heavy (non-hydrogen) atoms. The molecule has 0 spiro atoms. The first-order valence-corrected chi connectivity index (χ1v) is 7.61. The van der Waals surface area contributed by atoms with E-state index >= 15 is 0 Å². The zero-order valence-corrected chi connectivity index (χ0v) is 14.1. The summed E-state index contributed by atoms with van der Waals surface area (Å²) in [7, 11) is 1.50. The second kappa shape index (κ2) is 8.94. The van der Waals surface area contributed by atoms with Crippen molar-refractivity contribution < 1.29 is 24.2 Å². The van der Waals surface area contributed by atoms with E-state index < -0.39 is 11.9 Å². The molecule has 0 aliphatic rings. The summed E-state index contributed by atoms with van der Waals surface area (Å²) in [5.41, 5.74) is 0.952. The number of hydrogen-bond donors (Lipinski definition) is 2. The SMILES string of the molecule is C#CCOc1ccc(C=CC(=O)Nc2ccccc2C(=O)O)cc1OC. The van der Waals surface area contributed by atoms with Gasteiger partial charge in [0, 0.05) is 6.08 Å². The molecule has 132 valence electrons. The third-order valence-electron chi connectivity index (χ3n) is 3.34. The van der Waals surface area contributed by atoms with Crippen molar-refractivity contribution in [1.29, 1.82) is 0 Å². The first-order chi connectivity index (χ1) is 12.5. The van der Waals surface area contributed by atoms with Crippen molar-refractivity contribution in [3.05, 3.63) is 59.7 Å². The number of carboxylic acid groups (broad SMARTS) is 1. The quantitative estimate of drug-likeness (QED) is 0.592. The molecule has 2 aromatic rings. The maximum Gasteiger partial charge on any atom is 0.337 e. The summed E-state index contributed by atoms with van der Waals surface area (Å²) < 4.78 is 10.6. The van der Waals surface area contributed by atoms with Crippen LogP contribution in [0.2, 0.25) is 0 Å². The number of nitrogens with one attached hydrogen (secondary N) is 1. The molecule has 0 saturated carbocycles. The number of para-hydroxylation sites is 1. The number of anilines is 1. The Hall–Kier alpha value is -3.72. The van der Waals surface area contributed by atoms with Gasteiger partial charge in [0.1, 0.15) is 6.61 Å². The number of terminal acetylenes is 1. The number of methoxy groups -OCH3 is 1. The van der Waals surface area contributed by atoms with E-state index in [1.165, 1.54) is 25.3 Å². The molecule has 0 radical (unpaired) electrons. The van der Waals surface area contributed by atoms with Crippen LogP contribution in [0.15, 0.2) is 48.5 Å². The van der Waals surface area contributed by atoms with Gasteiger partial charge in [-0.3, -0.25) is 4.79 Å². The number of aromatic carboxylic acids is 1. The van der Waals surface area contributed by atoms with Crippen molar-refractivity contribution in [2.24, 2.45) is 0 Å². The number of rotatable bonds is 7. The topological polar surface area (TPSA) is 84.9 Å². The Morgan fingerprint density at radius 1 is 1.23 bits per heavy atom. The maximum atomic E-state index is 12.1. The number of carbonyl (C=O) groups excluding carboxylic acids is 1. The molecule has 0 heterocycles. The largest absolute Gasteiger partial charge is 0.493 e. The van der Waals surface area contributed by atoms with Gasteiger partial charge in [-0.15, -0.1) is 6.42 Å². The van der Waals surface area contributed by atoms with Gasteiger partial charge in [-0.05, 0) is 35.9 Å². The van der Waals surface area contributed by atoms with Crippen molar-refractivity contribution in [1.82, 2.24) is 0 Å². The van der Waals surface area contributed by atoms with Gasteiger partial charge < -0.3 is 19.9 Å².